The third kappa shape index (κ3) is 2.34. The topological polar surface area (TPSA) is 38.9 Å². The third-order valence-electron chi connectivity index (χ3n) is 2.44. The van der Waals surface area contributed by atoms with E-state index in [2.05, 4.69) is 52.1 Å². The van der Waals surface area contributed by atoms with Crippen molar-refractivity contribution in [2.45, 2.75) is 19.9 Å². The second kappa shape index (κ2) is 5.08. The summed E-state index contributed by atoms with van der Waals surface area (Å²) in [6.07, 6.45) is 1.06. The molecule has 2 nitrogen and oxygen atoms in total. The highest BCUT2D eigenvalue weighted by atomic mass is 79.9. The van der Waals surface area contributed by atoms with E-state index in [9.17, 15) is 0 Å². The minimum Gasteiger partial charge on any atom is -0.325 e. The van der Waals surface area contributed by atoms with Gasteiger partial charge < -0.3 is 5.73 Å². The zero-order valence-corrected chi connectivity index (χ0v) is 11.4. The Morgan fingerprint density at radius 2 is 2.00 bits per heavy atom. The van der Waals surface area contributed by atoms with Crippen LogP contribution in [0, 0.1) is 0 Å². The largest absolute Gasteiger partial charge is 0.325 e. The first kappa shape index (κ1) is 11.8. The van der Waals surface area contributed by atoms with Crippen LogP contribution in [0.1, 0.15) is 17.5 Å². The predicted molar refractivity (Wildman–Crippen MR) is 72.5 cm³/mol. The summed E-state index contributed by atoms with van der Waals surface area (Å²) in [5.74, 6) is 0. The van der Waals surface area contributed by atoms with Crippen LogP contribution in [0.25, 0.3) is 11.3 Å². The minimum absolute atomic E-state index is 0.496. The van der Waals surface area contributed by atoms with Crippen molar-refractivity contribution in [2.24, 2.45) is 5.73 Å². The van der Waals surface area contributed by atoms with Gasteiger partial charge >= 0.3 is 0 Å². The lowest BCUT2D eigenvalue weighted by Crippen LogP contribution is -1.94. The molecule has 1 heterocycles. The Kier molecular flexibility index (Phi) is 3.74. The summed E-state index contributed by atoms with van der Waals surface area (Å²) in [6, 6.07) is 8.50. The van der Waals surface area contributed by atoms with Crippen molar-refractivity contribution in [3.63, 3.8) is 0 Å². The molecule has 84 valence electrons. The molecule has 0 saturated heterocycles. The second-order valence-corrected chi connectivity index (χ2v) is 5.89. The van der Waals surface area contributed by atoms with Crippen LogP contribution < -0.4 is 5.73 Å². The Balaban J connectivity index is 2.38. The van der Waals surface area contributed by atoms with Crippen molar-refractivity contribution in [3.8, 4) is 11.3 Å². The van der Waals surface area contributed by atoms with Crippen molar-refractivity contribution < 1.29 is 0 Å². The maximum atomic E-state index is 5.58. The summed E-state index contributed by atoms with van der Waals surface area (Å²) in [6.45, 7) is 2.65. The normalized spacial score (nSPS) is 10.7. The van der Waals surface area contributed by atoms with Gasteiger partial charge in [0, 0.05) is 12.1 Å². The Bertz CT molecular complexity index is 476. The van der Waals surface area contributed by atoms with Gasteiger partial charge in [0.25, 0.3) is 0 Å². The molecule has 0 aliphatic heterocycles. The molecule has 0 radical (unpaired) electrons. The van der Waals surface area contributed by atoms with E-state index in [1.807, 2.05) is 0 Å². The molecule has 0 atom stereocenters. The van der Waals surface area contributed by atoms with Gasteiger partial charge in [0.1, 0.15) is 5.01 Å². The van der Waals surface area contributed by atoms with E-state index < -0.39 is 0 Å². The number of aromatic nitrogens is 1. The first-order valence-corrected chi connectivity index (χ1v) is 6.80. The fraction of sp³-hybridized carbons (Fsp3) is 0.250. The molecule has 0 bridgehead atoms. The summed E-state index contributed by atoms with van der Waals surface area (Å²) in [7, 11) is 0. The first-order valence-electron chi connectivity index (χ1n) is 5.19. The maximum absolute atomic E-state index is 5.58. The van der Waals surface area contributed by atoms with E-state index in [0.29, 0.717) is 6.54 Å². The third-order valence-corrected chi connectivity index (χ3v) is 4.17. The number of thiazole rings is 1. The molecule has 2 N–H and O–H groups in total. The number of nitrogens with zero attached hydrogens (tertiary/aromatic N) is 1. The molecule has 0 aliphatic rings. The maximum Gasteiger partial charge on any atom is 0.108 e. The van der Waals surface area contributed by atoms with Crippen LogP contribution in [-0.2, 0) is 13.0 Å². The van der Waals surface area contributed by atoms with E-state index in [0.717, 1.165) is 26.5 Å². The van der Waals surface area contributed by atoms with Crippen LogP contribution in [0.4, 0.5) is 0 Å². The lowest BCUT2D eigenvalue weighted by Gasteiger charge is -2.00. The number of hydrogen-bond acceptors (Lipinski definition) is 3. The first-order chi connectivity index (χ1) is 7.74. The van der Waals surface area contributed by atoms with Gasteiger partial charge in [-0.1, -0.05) is 31.2 Å². The van der Waals surface area contributed by atoms with Crippen LogP contribution in [-0.4, -0.2) is 4.98 Å². The number of hydrogen-bond donors (Lipinski definition) is 1. The Morgan fingerprint density at radius 1 is 1.31 bits per heavy atom. The fourth-order valence-electron chi connectivity index (χ4n) is 1.51. The standard InChI is InChI=1S/C12H13BrN2S/c1-2-8-3-5-9(6-4-8)11-12(13)16-10(7-14)15-11/h3-6H,2,7,14H2,1H3. The van der Waals surface area contributed by atoms with Gasteiger partial charge in [0.15, 0.2) is 0 Å². The summed E-state index contributed by atoms with van der Waals surface area (Å²) < 4.78 is 1.05. The molecule has 0 saturated carbocycles. The number of rotatable bonds is 3. The van der Waals surface area contributed by atoms with Gasteiger partial charge in [-0.2, -0.15) is 0 Å². The van der Waals surface area contributed by atoms with E-state index in [1.165, 1.54) is 5.56 Å². The van der Waals surface area contributed by atoms with Crippen molar-refractivity contribution in [3.05, 3.63) is 38.6 Å². The molecule has 16 heavy (non-hydrogen) atoms. The number of benzene rings is 1. The predicted octanol–water partition coefficient (Wildman–Crippen LogP) is 3.59. The number of halogens is 1. The van der Waals surface area contributed by atoms with Crippen molar-refractivity contribution >= 4 is 27.3 Å². The summed E-state index contributed by atoms with van der Waals surface area (Å²) >= 11 is 5.13. The fourth-order valence-corrected chi connectivity index (χ4v) is 3.07. The van der Waals surface area contributed by atoms with E-state index >= 15 is 0 Å². The monoisotopic (exact) mass is 296 g/mol. The summed E-state index contributed by atoms with van der Waals surface area (Å²) in [5.41, 5.74) is 9.06. The lowest BCUT2D eigenvalue weighted by atomic mass is 10.1. The molecule has 0 unspecified atom stereocenters. The molecule has 0 fully saturated rings. The van der Waals surface area contributed by atoms with Crippen LogP contribution in [0.5, 0.6) is 0 Å². The quantitative estimate of drug-likeness (QED) is 0.940. The molecule has 1 aromatic carbocycles. The Hall–Kier alpha value is -0.710. The average Bonchev–Trinajstić information content (AvgIpc) is 2.71. The molecule has 4 heteroatoms. The SMILES string of the molecule is CCc1ccc(-c2nc(CN)sc2Br)cc1. The van der Waals surface area contributed by atoms with Gasteiger partial charge in [0.2, 0.25) is 0 Å². The Morgan fingerprint density at radius 3 is 2.50 bits per heavy atom. The van der Waals surface area contributed by atoms with Crippen LogP contribution >= 0.6 is 27.3 Å². The van der Waals surface area contributed by atoms with Gasteiger partial charge in [-0.3, -0.25) is 0 Å². The molecular weight excluding hydrogens is 284 g/mol. The molecular formula is C12H13BrN2S. The van der Waals surface area contributed by atoms with Gasteiger partial charge in [-0.25, -0.2) is 4.98 Å². The molecule has 0 spiro atoms. The minimum atomic E-state index is 0.496. The van der Waals surface area contributed by atoms with Gasteiger partial charge in [0.05, 0.1) is 9.48 Å². The van der Waals surface area contributed by atoms with E-state index in [4.69, 9.17) is 5.73 Å². The van der Waals surface area contributed by atoms with Crippen LogP contribution in [0.2, 0.25) is 0 Å². The molecule has 2 rings (SSSR count). The number of nitrogens with two attached hydrogens (primary N) is 1. The van der Waals surface area contributed by atoms with Gasteiger partial charge in [-0.05, 0) is 27.9 Å². The Labute approximate surface area is 108 Å². The average molecular weight is 297 g/mol. The van der Waals surface area contributed by atoms with E-state index in [-0.39, 0.29) is 0 Å². The molecule has 0 aliphatic carbocycles. The second-order valence-electron chi connectivity index (χ2n) is 3.48. The molecule has 0 amide bonds. The van der Waals surface area contributed by atoms with Crippen LogP contribution in [0.3, 0.4) is 0 Å². The summed E-state index contributed by atoms with van der Waals surface area (Å²) in [4.78, 5) is 4.50. The lowest BCUT2D eigenvalue weighted by molar-refractivity contribution is 1.04. The van der Waals surface area contributed by atoms with Gasteiger partial charge in [-0.15, -0.1) is 11.3 Å². The highest BCUT2D eigenvalue weighted by molar-refractivity contribution is 9.11. The van der Waals surface area contributed by atoms with Crippen LogP contribution in [0.15, 0.2) is 28.1 Å². The zero-order chi connectivity index (χ0) is 11.5. The van der Waals surface area contributed by atoms with Crippen molar-refractivity contribution in [1.29, 1.82) is 0 Å². The summed E-state index contributed by atoms with van der Waals surface area (Å²) in [5, 5.41) is 0.960. The van der Waals surface area contributed by atoms with Crippen molar-refractivity contribution in [2.75, 3.05) is 0 Å². The van der Waals surface area contributed by atoms with Crippen molar-refractivity contribution in [1.82, 2.24) is 4.98 Å². The number of aryl methyl sites for hydroxylation is 1. The highest BCUT2D eigenvalue weighted by Crippen LogP contribution is 2.32. The molecule has 1 aromatic heterocycles. The van der Waals surface area contributed by atoms with E-state index in [1.54, 1.807) is 11.3 Å². The smallest absolute Gasteiger partial charge is 0.108 e. The highest BCUT2D eigenvalue weighted by Gasteiger charge is 2.09. The zero-order valence-electron chi connectivity index (χ0n) is 9.03. The molecule has 2 aromatic rings.